The van der Waals surface area contributed by atoms with E-state index in [4.69, 9.17) is 9.05 Å². The Morgan fingerprint density at radius 3 is 1.86 bits per heavy atom. The molecule has 22 heavy (non-hydrogen) atoms. The van der Waals surface area contributed by atoms with Gasteiger partial charge in [0.25, 0.3) is 0 Å². The fourth-order valence-corrected chi connectivity index (χ4v) is 5.22. The van der Waals surface area contributed by atoms with Crippen LogP contribution in [0.4, 0.5) is 0 Å². The molecule has 6 heteroatoms. The first kappa shape index (κ1) is 13.7. The van der Waals surface area contributed by atoms with Crippen molar-refractivity contribution < 1.29 is 24.2 Å². The van der Waals surface area contributed by atoms with Gasteiger partial charge in [-0.2, -0.15) is 0 Å². The lowest BCUT2D eigenvalue weighted by atomic mass is 9.88. The van der Waals surface area contributed by atoms with Gasteiger partial charge in [-0.1, -0.05) is 12.1 Å². The van der Waals surface area contributed by atoms with Crippen LogP contribution in [-0.2, 0) is 0 Å². The van der Waals surface area contributed by atoms with Crippen LogP contribution in [-0.4, -0.2) is 16.4 Å². The van der Waals surface area contributed by atoms with Crippen LogP contribution < -0.4 is 13.9 Å². The Bertz CT molecular complexity index is 740. The van der Waals surface area contributed by atoms with Crippen molar-refractivity contribution in [3.8, 4) is 23.0 Å². The molecule has 0 saturated heterocycles. The molecular weight excluding hydrogens is 303 g/mol. The van der Waals surface area contributed by atoms with Crippen LogP contribution in [0, 0.1) is 13.8 Å². The smallest absolute Gasteiger partial charge is 0.333 e. The summed E-state index contributed by atoms with van der Waals surface area (Å²) in [6, 6.07) is 6.83. The molecule has 2 heterocycles. The van der Waals surface area contributed by atoms with E-state index in [1.54, 1.807) is 38.1 Å². The number of hydrogen-bond donors (Lipinski definition) is 2. The Hall–Kier alpha value is -1.97. The van der Waals surface area contributed by atoms with Gasteiger partial charge in [0.15, 0.2) is 11.5 Å². The molecule has 2 aromatic carbocycles. The summed E-state index contributed by atoms with van der Waals surface area (Å²) >= 11 is 0. The molecule has 2 N–H and O–H groups in total. The molecule has 0 fully saturated rings. The molecule has 2 aliphatic heterocycles. The molecule has 114 valence electrons. The summed E-state index contributed by atoms with van der Waals surface area (Å²) in [4.78, 5) is 12.9. The predicted molar refractivity (Wildman–Crippen MR) is 80.6 cm³/mol. The Morgan fingerprint density at radius 1 is 0.955 bits per heavy atom. The molecule has 0 spiro atoms. The van der Waals surface area contributed by atoms with Crippen molar-refractivity contribution in [2.75, 3.05) is 6.16 Å². The average Bonchev–Trinajstić information content (AvgIpc) is 2.48. The lowest BCUT2D eigenvalue weighted by Crippen LogP contribution is -2.35. The van der Waals surface area contributed by atoms with Gasteiger partial charge in [-0.15, -0.1) is 0 Å². The molecular formula is C16H15O5P. The van der Waals surface area contributed by atoms with Gasteiger partial charge in [-0.3, -0.25) is 0 Å². The standard InChI is InChI=1S/C16H15O5P/c1-8-13(17)5-3-10-12-7-22(19,20-15(8)10)21-16-9(2)14(18)6-4-11(12)16/h3-6,12,17-18H,7H2,1-2H3. The maximum atomic E-state index is 12.9. The van der Waals surface area contributed by atoms with E-state index in [9.17, 15) is 15.1 Å². The van der Waals surface area contributed by atoms with E-state index in [0.29, 0.717) is 22.6 Å². The Balaban J connectivity index is 1.99. The van der Waals surface area contributed by atoms with Gasteiger partial charge in [0.1, 0.15) is 17.7 Å². The van der Waals surface area contributed by atoms with Gasteiger partial charge in [0.2, 0.25) is 0 Å². The van der Waals surface area contributed by atoms with Crippen molar-refractivity contribution in [3.63, 3.8) is 0 Å². The molecule has 2 aromatic rings. The van der Waals surface area contributed by atoms with E-state index in [-0.39, 0.29) is 23.6 Å². The molecule has 5 nitrogen and oxygen atoms in total. The number of fused-ring (bicyclic) bond motifs is 6. The highest BCUT2D eigenvalue weighted by Crippen LogP contribution is 2.67. The normalized spacial score (nSPS) is 24.8. The first-order valence-electron chi connectivity index (χ1n) is 7.03. The second kappa shape index (κ2) is 4.28. The van der Waals surface area contributed by atoms with E-state index in [1.165, 1.54) is 0 Å². The van der Waals surface area contributed by atoms with Crippen LogP contribution in [0.2, 0.25) is 0 Å². The second-order valence-corrected chi connectivity index (χ2v) is 7.74. The fraction of sp³-hybridized carbons (Fsp3) is 0.250. The molecule has 0 saturated carbocycles. The summed E-state index contributed by atoms with van der Waals surface area (Å²) < 4.78 is 11.3. The zero-order valence-corrected chi connectivity index (χ0v) is 13.1. The maximum Gasteiger partial charge on any atom is 0.333 e. The Morgan fingerprint density at radius 2 is 1.41 bits per heavy atom. The topological polar surface area (TPSA) is 82.0 Å². The van der Waals surface area contributed by atoms with Crippen molar-refractivity contribution in [2.24, 2.45) is 0 Å². The molecule has 2 aliphatic rings. The number of hydrogen-bond acceptors (Lipinski definition) is 5. The van der Waals surface area contributed by atoms with Crippen molar-refractivity contribution >= 4 is 7.94 Å². The fourth-order valence-electron chi connectivity index (χ4n) is 3.15. The van der Waals surface area contributed by atoms with Crippen LogP contribution in [0.25, 0.3) is 0 Å². The highest BCUT2D eigenvalue weighted by atomic mass is 31.2. The summed E-state index contributed by atoms with van der Waals surface area (Å²) in [5.74, 6) is 0.964. The van der Waals surface area contributed by atoms with Gasteiger partial charge in [0, 0.05) is 22.3 Å². The minimum absolute atomic E-state index is 0.105. The van der Waals surface area contributed by atoms with Crippen molar-refractivity contribution in [1.29, 1.82) is 0 Å². The summed E-state index contributed by atoms with van der Waals surface area (Å²) in [5, 5.41) is 19.7. The molecule has 0 amide bonds. The third-order valence-corrected chi connectivity index (χ3v) is 6.17. The highest BCUT2D eigenvalue weighted by Gasteiger charge is 2.50. The molecule has 0 atom stereocenters. The van der Waals surface area contributed by atoms with Gasteiger partial charge < -0.3 is 24.2 Å². The minimum atomic E-state index is -3.34. The van der Waals surface area contributed by atoms with Gasteiger partial charge >= 0.3 is 7.94 Å². The minimum Gasteiger partial charge on any atom is -0.617 e. The highest BCUT2D eigenvalue weighted by molar-refractivity contribution is 7.60. The van der Waals surface area contributed by atoms with Crippen LogP contribution >= 0.6 is 7.94 Å². The number of rotatable bonds is 0. The monoisotopic (exact) mass is 318 g/mol. The van der Waals surface area contributed by atoms with Crippen LogP contribution in [0.3, 0.4) is 0 Å². The maximum absolute atomic E-state index is 12.9. The molecule has 0 aromatic heterocycles. The van der Waals surface area contributed by atoms with E-state index >= 15 is 0 Å². The lowest BCUT2D eigenvalue weighted by molar-refractivity contribution is -0.204. The Labute approximate surface area is 128 Å². The summed E-state index contributed by atoms with van der Waals surface area (Å²) in [7, 11) is -3.34. The van der Waals surface area contributed by atoms with Crippen LogP contribution in [0.1, 0.15) is 28.2 Å². The number of phenolic OH excluding ortho intramolecular Hbond substituents is 2. The van der Waals surface area contributed by atoms with Crippen LogP contribution in [0.15, 0.2) is 24.3 Å². The van der Waals surface area contributed by atoms with E-state index < -0.39 is 7.94 Å². The lowest BCUT2D eigenvalue weighted by Gasteiger charge is -2.41. The quantitative estimate of drug-likeness (QED) is 0.730. The predicted octanol–water partition coefficient (Wildman–Crippen LogP) is 2.75. The van der Waals surface area contributed by atoms with Gasteiger partial charge in [-0.25, -0.2) is 0 Å². The molecule has 0 radical (unpaired) electrons. The second-order valence-electron chi connectivity index (χ2n) is 5.78. The van der Waals surface area contributed by atoms with Crippen molar-refractivity contribution in [1.82, 2.24) is 0 Å². The average molecular weight is 318 g/mol. The van der Waals surface area contributed by atoms with E-state index in [1.807, 2.05) is 0 Å². The molecule has 0 aliphatic carbocycles. The third kappa shape index (κ3) is 1.73. The largest absolute Gasteiger partial charge is 0.617 e. The summed E-state index contributed by atoms with van der Waals surface area (Å²) in [5.41, 5.74) is 2.89. The molecule has 2 bridgehead atoms. The zero-order valence-electron chi connectivity index (χ0n) is 12.2. The van der Waals surface area contributed by atoms with E-state index in [0.717, 1.165) is 11.1 Å². The number of benzene rings is 2. The number of phenols is 2. The van der Waals surface area contributed by atoms with Gasteiger partial charge in [-0.05, 0) is 26.0 Å². The third-order valence-electron chi connectivity index (χ3n) is 4.43. The first-order valence-corrected chi connectivity index (χ1v) is 8.75. The van der Waals surface area contributed by atoms with Crippen molar-refractivity contribution in [2.45, 2.75) is 19.8 Å². The number of aromatic hydroxyl groups is 2. The Kier molecular flexibility index (Phi) is 2.66. The van der Waals surface area contributed by atoms with Crippen molar-refractivity contribution in [3.05, 3.63) is 46.5 Å². The SMILES string of the molecule is Cc1c(O)ccc2c1O[P+]1([O-])CC2c2ccc(O)c(C)c2O1. The summed E-state index contributed by atoms with van der Waals surface area (Å²) in [6.45, 7) is 3.46. The van der Waals surface area contributed by atoms with Gasteiger partial charge in [0.05, 0.1) is 5.92 Å². The zero-order chi connectivity index (χ0) is 15.6. The molecule has 4 rings (SSSR count). The van der Waals surface area contributed by atoms with E-state index in [2.05, 4.69) is 0 Å². The first-order chi connectivity index (χ1) is 10.4. The van der Waals surface area contributed by atoms with Crippen LogP contribution in [0.5, 0.6) is 23.0 Å². The molecule has 0 unspecified atom stereocenters. The summed E-state index contributed by atoms with van der Waals surface area (Å²) in [6.07, 6.45) is 0.265.